The minimum Gasteiger partial charge on any atom is -0.380 e. The lowest BCUT2D eigenvalue weighted by molar-refractivity contribution is -0.138. The number of hydrogen-bond donors (Lipinski definition) is 2. The molecule has 2 N–H and O–H groups in total. The molecule has 0 fully saturated rings. The molecule has 5 nitrogen and oxygen atoms in total. The van der Waals surface area contributed by atoms with E-state index in [9.17, 15) is 22.8 Å². The summed E-state index contributed by atoms with van der Waals surface area (Å²) in [5, 5.41) is 4.46. The second kappa shape index (κ2) is 9.82. The number of rotatable bonds is 8. The van der Waals surface area contributed by atoms with E-state index in [0.29, 0.717) is 5.19 Å². The Hall–Kier alpha value is -2.72. The molecule has 0 aliphatic carbocycles. The fourth-order valence-electron chi connectivity index (χ4n) is 3.07. The molecule has 32 heavy (non-hydrogen) atoms. The van der Waals surface area contributed by atoms with E-state index < -0.39 is 48.7 Å². The topological polar surface area (TPSA) is 67.4 Å². The number of anilines is 1. The van der Waals surface area contributed by atoms with Gasteiger partial charge in [-0.3, -0.25) is 9.59 Å². The quantitative estimate of drug-likeness (QED) is 0.347. The minimum atomic E-state index is -3.45. The van der Waals surface area contributed by atoms with E-state index in [1.54, 1.807) is 5.32 Å². The van der Waals surface area contributed by atoms with Crippen LogP contribution in [-0.4, -0.2) is 27.0 Å². The van der Waals surface area contributed by atoms with Gasteiger partial charge in [0.25, 0.3) is 11.7 Å². The van der Waals surface area contributed by atoms with Gasteiger partial charge in [0.1, 0.15) is 5.82 Å². The van der Waals surface area contributed by atoms with E-state index in [2.05, 4.69) is 5.32 Å². The van der Waals surface area contributed by atoms with E-state index in [-0.39, 0.29) is 24.3 Å². The molecule has 174 valence electrons. The smallest absolute Gasteiger partial charge is 0.290 e. The van der Waals surface area contributed by atoms with Gasteiger partial charge in [-0.15, -0.1) is 0 Å². The Labute approximate surface area is 185 Å². The number of amides is 2. The maximum Gasteiger partial charge on any atom is 0.290 e. The number of ether oxygens (including phenoxy) is 1. The van der Waals surface area contributed by atoms with Crippen LogP contribution < -0.4 is 15.8 Å². The van der Waals surface area contributed by atoms with Crippen LogP contribution in [0.15, 0.2) is 30.3 Å². The Balaban J connectivity index is 2.49. The van der Waals surface area contributed by atoms with Crippen molar-refractivity contribution in [3.63, 3.8) is 0 Å². The molecule has 0 aliphatic heterocycles. The van der Waals surface area contributed by atoms with Crippen molar-refractivity contribution in [2.45, 2.75) is 45.4 Å². The average molecular weight is 471 g/mol. The first-order chi connectivity index (χ1) is 14.8. The second-order valence-electron chi connectivity index (χ2n) is 8.29. The SMILES string of the molecule is CCC(=O)N[C@](F)(C(=O)Nc1ccc([Si](C)(C)C)c(F)c1)c1ccc(COC)c(F)c1F. The zero-order chi connectivity index (χ0) is 24.3. The fraction of sp³-hybridized carbons (Fsp3) is 0.364. The Morgan fingerprint density at radius 3 is 2.25 bits per heavy atom. The van der Waals surface area contributed by atoms with E-state index >= 15 is 4.39 Å². The van der Waals surface area contributed by atoms with Gasteiger partial charge in [-0.1, -0.05) is 38.7 Å². The van der Waals surface area contributed by atoms with E-state index in [1.807, 2.05) is 19.6 Å². The highest BCUT2D eigenvalue weighted by Crippen LogP contribution is 2.31. The van der Waals surface area contributed by atoms with Crippen LogP contribution in [0.4, 0.5) is 23.2 Å². The molecule has 2 rings (SSSR count). The zero-order valence-electron chi connectivity index (χ0n) is 18.5. The average Bonchev–Trinajstić information content (AvgIpc) is 2.70. The standard InChI is InChI=1S/C22H26F4N2O3Si/c1-6-18(29)28-22(26,15-9-7-13(12-31-2)19(24)20(15)25)21(30)27-14-8-10-17(16(23)11-14)32(3,4)5/h7-11H,6,12H2,1-5H3,(H,27,30)(H,28,29)/t22-/m0/s1. The summed E-state index contributed by atoms with van der Waals surface area (Å²) in [5.41, 5.74) is -1.31. The minimum absolute atomic E-state index is 0.0980. The van der Waals surface area contributed by atoms with Gasteiger partial charge in [0.15, 0.2) is 11.6 Å². The highest BCUT2D eigenvalue weighted by Gasteiger charge is 2.45. The van der Waals surface area contributed by atoms with Crippen molar-refractivity contribution in [2.75, 3.05) is 12.4 Å². The Kier molecular flexibility index (Phi) is 7.84. The van der Waals surface area contributed by atoms with E-state index in [4.69, 9.17) is 4.74 Å². The van der Waals surface area contributed by atoms with Gasteiger partial charge in [-0.2, -0.15) is 0 Å². The summed E-state index contributed by atoms with van der Waals surface area (Å²) in [7, 11) is -0.733. The van der Waals surface area contributed by atoms with Gasteiger partial charge >= 0.3 is 0 Å². The van der Waals surface area contributed by atoms with Gasteiger partial charge in [0, 0.05) is 24.8 Å². The van der Waals surface area contributed by atoms with Gasteiger partial charge in [0.05, 0.1) is 20.2 Å². The molecule has 0 saturated carbocycles. The zero-order valence-corrected chi connectivity index (χ0v) is 19.5. The number of methoxy groups -OCH3 is 1. The molecule has 2 aromatic rings. The lowest BCUT2D eigenvalue weighted by atomic mass is 9.99. The van der Waals surface area contributed by atoms with Crippen LogP contribution >= 0.6 is 0 Å². The third-order valence-electron chi connectivity index (χ3n) is 4.81. The number of halogens is 4. The first-order valence-electron chi connectivity index (χ1n) is 9.92. The molecule has 0 bridgehead atoms. The van der Waals surface area contributed by atoms with Crippen molar-refractivity contribution in [1.29, 1.82) is 0 Å². The highest BCUT2D eigenvalue weighted by molar-refractivity contribution is 6.88. The van der Waals surface area contributed by atoms with Crippen molar-refractivity contribution >= 4 is 30.8 Å². The van der Waals surface area contributed by atoms with Crippen molar-refractivity contribution in [2.24, 2.45) is 0 Å². The van der Waals surface area contributed by atoms with Crippen molar-refractivity contribution in [1.82, 2.24) is 5.32 Å². The molecule has 0 radical (unpaired) electrons. The van der Waals surface area contributed by atoms with E-state index in [1.165, 1.54) is 26.2 Å². The van der Waals surface area contributed by atoms with Crippen LogP contribution in [0.1, 0.15) is 24.5 Å². The Bertz CT molecular complexity index is 1030. The largest absolute Gasteiger partial charge is 0.380 e. The highest BCUT2D eigenvalue weighted by atomic mass is 28.3. The summed E-state index contributed by atoms with van der Waals surface area (Å²) in [4.78, 5) is 24.7. The summed E-state index contributed by atoms with van der Waals surface area (Å²) in [5.74, 6) is -9.49. The first kappa shape index (κ1) is 25.5. The summed E-state index contributed by atoms with van der Waals surface area (Å²) < 4.78 is 64.3. The molecule has 0 unspecified atom stereocenters. The fourth-order valence-corrected chi connectivity index (χ4v) is 4.44. The molecular weight excluding hydrogens is 444 g/mol. The molecule has 10 heteroatoms. The van der Waals surface area contributed by atoms with Crippen molar-refractivity contribution in [3.05, 3.63) is 58.9 Å². The van der Waals surface area contributed by atoms with Crippen LogP contribution in [0.5, 0.6) is 0 Å². The molecule has 0 spiro atoms. The number of nitrogens with one attached hydrogen (secondary N) is 2. The normalized spacial score (nSPS) is 13.4. The second-order valence-corrected chi connectivity index (χ2v) is 13.3. The molecule has 2 aromatic carbocycles. The monoisotopic (exact) mass is 470 g/mol. The lowest BCUT2D eigenvalue weighted by Crippen LogP contribution is -2.51. The third kappa shape index (κ3) is 5.36. The lowest BCUT2D eigenvalue weighted by Gasteiger charge is -2.27. The van der Waals surface area contributed by atoms with Crippen LogP contribution in [-0.2, 0) is 26.7 Å². The maximum absolute atomic E-state index is 15.9. The molecule has 2 amide bonds. The van der Waals surface area contributed by atoms with Crippen molar-refractivity contribution in [3.8, 4) is 0 Å². The Morgan fingerprint density at radius 1 is 1.06 bits per heavy atom. The number of benzene rings is 2. The first-order valence-corrected chi connectivity index (χ1v) is 13.4. The van der Waals surface area contributed by atoms with Crippen LogP contribution in [0.2, 0.25) is 19.6 Å². The van der Waals surface area contributed by atoms with Gasteiger partial charge in [-0.05, 0) is 23.4 Å². The van der Waals surface area contributed by atoms with Crippen LogP contribution in [0, 0.1) is 17.5 Å². The number of carbonyl (C=O) groups excluding carboxylic acids is 2. The summed E-state index contributed by atoms with van der Waals surface area (Å²) >= 11 is 0. The molecule has 0 aliphatic rings. The molecule has 0 aromatic heterocycles. The molecule has 0 heterocycles. The molecular formula is C22H26F4N2O3Si. The predicted octanol–water partition coefficient (Wildman–Crippen LogP) is 4.08. The van der Waals surface area contributed by atoms with Gasteiger partial charge < -0.3 is 15.4 Å². The van der Waals surface area contributed by atoms with E-state index in [0.717, 1.165) is 18.2 Å². The summed E-state index contributed by atoms with van der Waals surface area (Å²) in [6.45, 7) is 6.92. The van der Waals surface area contributed by atoms with Gasteiger partial charge in [-0.25, -0.2) is 17.6 Å². The molecule has 0 saturated heterocycles. The number of carbonyl (C=O) groups is 2. The van der Waals surface area contributed by atoms with Crippen LogP contribution in [0.3, 0.4) is 0 Å². The number of alkyl halides is 1. The third-order valence-corrected chi connectivity index (χ3v) is 6.84. The van der Waals surface area contributed by atoms with Crippen LogP contribution in [0.25, 0.3) is 0 Å². The predicted molar refractivity (Wildman–Crippen MR) is 116 cm³/mol. The van der Waals surface area contributed by atoms with Crippen molar-refractivity contribution < 1.29 is 31.9 Å². The summed E-state index contributed by atoms with van der Waals surface area (Å²) in [6, 6.07) is 5.81. The maximum atomic E-state index is 15.9. The summed E-state index contributed by atoms with van der Waals surface area (Å²) in [6.07, 6.45) is -0.218. The number of hydrogen-bond acceptors (Lipinski definition) is 3. The van der Waals surface area contributed by atoms with Gasteiger partial charge in [0.2, 0.25) is 5.91 Å². The Morgan fingerprint density at radius 2 is 1.72 bits per heavy atom. The molecule has 1 atom stereocenters.